The van der Waals surface area contributed by atoms with Crippen molar-refractivity contribution in [3.63, 3.8) is 0 Å². The van der Waals surface area contributed by atoms with Crippen molar-refractivity contribution >= 4 is 21.6 Å². The van der Waals surface area contributed by atoms with E-state index in [2.05, 4.69) is 20.9 Å². The van der Waals surface area contributed by atoms with Crippen LogP contribution in [0.5, 0.6) is 11.6 Å². The SMILES string of the molecule is O=[N+]([O-])c1ccnc(Oc2ccc(Br)cc2)c1. The molecule has 1 heterocycles. The molecule has 0 N–H and O–H groups in total. The number of rotatable bonds is 3. The molecule has 0 unspecified atom stereocenters. The highest BCUT2D eigenvalue weighted by atomic mass is 79.9. The third-order valence-electron chi connectivity index (χ3n) is 1.97. The maximum absolute atomic E-state index is 10.6. The maximum Gasteiger partial charge on any atom is 0.276 e. The molecule has 1 aromatic heterocycles. The minimum atomic E-state index is -0.490. The monoisotopic (exact) mass is 294 g/mol. The van der Waals surface area contributed by atoms with E-state index in [4.69, 9.17) is 4.74 Å². The van der Waals surface area contributed by atoms with Crippen LogP contribution in [0.3, 0.4) is 0 Å². The number of hydrogen-bond acceptors (Lipinski definition) is 4. The average Bonchev–Trinajstić information content (AvgIpc) is 2.32. The highest BCUT2D eigenvalue weighted by Crippen LogP contribution is 2.23. The molecular weight excluding hydrogens is 288 g/mol. The molecule has 2 rings (SSSR count). The second-order valence-corrected chi connectivity index (χ2v) is 4.08. The summed E-state index contributed by atoms with van der Waals surface area (Å²) < 4.78 is 6.32. The van der Waals surface area contributed by atoms with Crippen molar-refractivity contribution < 1.29 is 9.66 Å². The molecule has 0 fully saturated rings. The Balaban J connectivity index is 2.21. The van der Waals surface area contributed by atoms with Crippen molar-refractivity contribution in [3.05, 3.63) is 57.2 Å². The molecule has 0 spiro atoms. The summed E-state index contributed by atoms with van der Waals surface area (Å²) in [5.41, 5.74) is -0.0490. The third-order valence-corrected chi connectivity index (χ3v) is 2.49. The molecule has 6 heteroatoms. The Labute approximate surface area is 105 Å². The Morgan fingerprint density at radius 2 is 1.94 bits per heavy atom. The van der Waals surface area contributed by atoms with Crippen molar-refractivity contribution in [3.8, 4) is 11.6 Å². The van der Waals surface area contributed by atoms with Gasteiger partial charge < -0.3 is 4.74 Å². The molecule has 0 aliphatic carbocycles. The van der Waals surface area contributed by atoms with Gasteiger partial charge >= 0.3 is 0 Å². The molecule has 1 aromatic carbocycles. The van der Waals surface area contributed by atoms with Gasteiger partial charge in [0, 0.05) is 16.7 Å². The van der Waals surface area contributed by atoms with Crippen LogP contribution in [0, 0.1) is 10.1 Å². The Hall–Kier alpha value is -1.95. The Kier molecular flexibility index (Phi) is 3.34. The number of nitrogens with zero attached hydrogens (tertiary/aromatic N) is 2. The van der Waals surface area contributed by atoms with E-state index in [0.29, 0.717) is 5.75 Å². The van der Waals surface area contributed by atoms with Crippen molar-refractivity contribution in [2.75, 3.05) is 0 Å². The quantitative estimate of drug-likeness (QED) is 0.641. The van der Waals surface area contributed by atoms with Crippen LogP contribution < -0.4 is 4.74 Å². The molecule has 0 aliphatic rings. The summed E-state index contributed by atoms with van der Waals surface area (Å²) >= 11 is 3.30. The number of nitro groups is 1. The Bertz CT molecular complexity index is 543. The summed E-state index contributed by atoms with van der Waals surface area (Å²) in [5.74, 6) is 0.766. The standard InChI is InChI=1S/C11H7BrN2O3/c12-8-1-3-10(4-2-8)17-11-7-9(14(15)16)5-6-13-11/h1-7H. The van der Waals surface area contributed by atoms with Gasteiger partial charge in [-0.25, -0.2) is 4.98 Å². The second kappa shape index (κ2) is 4.92. The second-order valence-electron chi connectivity index (χ2n) is 3.17. The molecule has 0 saturated heterocycles. The molecule has 2 aromatic rings. The van der Waals surface area contributed by atoms with E-state index < -0.39 is 4.92 Å². The molecule has 5 nitrogen and oxygen atoms in total. The maximum atomic E-state index is 10.6. The van der Waals surface area contributed by atoms with E-state index in [-0.39, 0.29) is 11.6 Å². The number of halogens is 1. The lowest BCUT2D eigenvalue weighted by Gasteiger charge is -2.03. The topological polar surface area (TPSA) is 65.3 Å². The van der Waals surface area contributed by atoms with Gasteiger partial charge in [0.15, 0.2) is 0 Å². The molecule has 17 heavy (non-hydrogen) atoms. The summed E-state index contributed by atoms with van der Waals surface area (Å²) in [6, 6.07) is 9.70. The summed E-state index contributed by atoms with van der Waals surface area (Å²) in [6.45, 7) is 0. The smallest absolute Gasteiger partial charge is 0.276 e. The summed E-state index contributed by atoms with van der Waals surface area (Å²) in [7, 11) is 0. The number of pyridine rings is 1. The minimum absolute atomic E-state index is 0.0490. The third kappa shape index (κ3) is 3.01. The van der Waals surface area contributed by atoms with Crippen molar-refractivity contribution in [2.45, 2.75) is 0 Å². The fourth-order valence-electron chi connectivity index (χ4n) is 1.19. The van der Waals surface area contributed by atoms with Crippen LogP contribution in [0.2, 0.25) is 0 Å². The highest BCUT2D eigenvalue weighted by Gasteiger charge is 2.08. The first-order valence-corrected chi connectivity index (χ1v) is 5.48. The summed E-state index contributed by atoms with van der Waals surface area (Å²) in [4.78, 5) is 14.0. The summed E-state index contributed by atoms with van der Waals surface area (Å²) in [5, 5.41) is 10.6. The highest BCUT2D eigenvalue weighted by molar-refractivity contribution is 9.10. The number of ether oxygens (including phenoxy) is 1. The molecule has 0 bridgehead atoms. The minimum Gasteiger partial charge on any atom is -0.439 e. The fourth-order valence-corrected chi connectivity index (χ4v) is 1.46. The first-order valence-electron chi connectivity index (χ1n) is 4.69. The van der Waals surface area contributed by atoms with Gasteiger partial charge in [-0.15, -0.1) is 0 Å². The zero-order chi connectivity index (χ0) is 12.3. The number of aromatic nitrogens is 1. The lowest BCUT2D eigenvalue weighted by atomic mass is 10.3. The van der Waals surface area contributed by atoms with Gasteiger partial charge in [-0.05, 0) is 24.3 Å². The van der Waals surface area contributed by atoms with E-state index in [1.165, 1.54) is 18.3 Å². The normalized spacial score (nSPS) is 9.94. The van der Waals surface area contributed by atoms with Crippen LogP contribution in [0.25, 0.3) is 0 Å². The predicted octanol–water partition coefficient (Wildman–Crippen LogP) is 3.54. The molecule has 86 valence electrons. The lowest BCUT2D eigenvalue weighted by Crippen LogP contribution is -1.91. The van der Waals surface area contributed by atoms with Gasteiger partial charge in [0.25, 0.3) is 5.69 Å². The van der Waals surface area contributed by atoms with Crippen LogP contribution in [0.1, 0.15) is 0 Å². The zero-order valence-electron chi connectivity index (χ0n) is 8.54. The molecule has 0 amide bonds. The number of benzene rings is 1. The van der Waals surface area contributed by atoms with Crippen LogP contribution in [-0.2, 0) is 0 Å². The van der Waals surface area contributed by atoms with E-state index in [1.54, 1.807) is 12.1 Å². The number of hydrogen-bond donors (Lipinski definition) is 0. The lowest BCUT2D eigenvalue weighted by molar-refractivity contribution is -0.385. The fraction of sp³-hybridized carbons (Fsp3) is 0. The van der Waals surface area contributed by atoms with Gasteiger partial charge in [-0.2, -0.15) is 0 Å². The van der Waals surface area contributed by atoms with Gasteiger partial charge in [-0.3, -0.25) is 10.1 Å². The van der Waals surface area contributed by atoms with Crippen molar-refractivity contribution in [1.29, 1.82) is 0 Å². The van der Waals surface area contributed by atoms with E-state index >= 15 is 0 Å². The first-order chi connectivity index (χ1) is 8.15. The van der Waals surface area contributed by atoms with Crippen molar-refractivity contribution in [1.82, 2.24) is 4.98 Å². The Morgan fingerprint density at radius 1 is 1.24 bits per heavy atom. The largest absolute Gasteiger partial charge is 0.439 e. The first kappa shape index (κ1) is 11.5. The van der Waals surface area contributed by atoms with Gasteiger partial charge in [0.05, 0.1) is 11.0 Å². The molecule has 0 aliphatic heterocycles. The van der Waals surface area contributed by atoms with E-state index in [0.717, 1.165) is 4.47 Å². The zero-order valence-corrected chi connectivity index (χ0v) is 10.1. The molecular formula is C11H7BrN2O3. The predicted molar refractivity (Wildman–Crippen MR) is 65.1 cm³/mol. The van der Waals surface area contributed by atoms with Crippen LogP contribution in [-0.4, -0.2) is 9.91 Å². The Morgan fingerprint density at radius 3 is 2.59 bits per heavy atom. The van der Waals surface area contributed by atoms with Gasteiger partial charge in [0.1, 0.15) is 5.75 Å². The van der Waals surface area contributed by atoms with Gasteiger partial charge in [-0.1, -0.05) is 15.9 Å². The van der Waals surface area contributed by atoms with Crippen LogP contribution in [0.4, 0.5) is 5.69 Å². The van der Waals surface area contributed by atoms with Crippen molar-refractivity contribution in [2.24, 2.45) is 0 Å². The molecule has 0 radical (unpaired) electrons. The molecule has 0 atom stereocenters. The summed E-state index contributed by atoms with van der Waals surface area (Å²) in [6.07, 6.45) is 1.34. The van der Waals surface area contributed by atoms with E-state index in [1.807, 2.05) is 12.1 Å². The van der Waals surface area contributed by atoms with E-state index in [9.17, 15) is 10.1 Å². The van der Waals surface area contributed by atoms with Crippen LogP contribution in [0.15, 0.2) is 47.1 Å². The van der Waals surface area contributed by atoms with Crippen LogP contribution >= 0.6 is 15.9 Å². The van der Waals surface area contributed by atoms with Gasteiger partial charge in [0.2, 0.25) is 5.88 Å². The molecule has 0 saturated carbocycles. The average molecular weight is 295 g/mol.